The third-order valence-electron chi connectivity index (χ3n) is 18.0. The first-order valence-corrected chi connectivity index (χ1v) is 21.0. The van der Waals surface area contributed by atoms with Crippen LogP contribution in [0.5, 0.6) is 0 Å². The van der Waals surface area contributed by atoms with Gasteiger partial charge in [-0.15, -0.1) is 0 Å². The molecule has 2 atom stereocenters. The molecule has 0 bridgehead atoms. The lowest BCUT2D eigenvalue weighted by atomic mass is 9.76. The molecule has 19 rings (SSSR count). The molecule has 1 fully saturated rings. The van der Waals surface area contributed by atoms with Gasteiger partial charge in [0.2, 0.25) is 0 Å². The van der Waals surface area contributed by atoms with E-state index in [1.807, 2.05) is 0 Å². The molecule has 15 aromatic rings. The standard InChI is InChI=1S/C52H36N3/c1-53(2)11-21-22(12-53)28-18-8-10-20-30-24-14-55(5,6)16-26(24)36-35-25-15-54(3,4)13-23(25)29-19-9-7-17-27(21)37-38(28)42-32(18)34(20)44-40(30)46(36)47-45(35)39(29)43-33(19)31(17)41(37)48-49(42)51(44)52(47)50(43)48/h7-10,23,25H,11-16H2,1-6H3/q+3. The van der Waals surface area contributed by atoms with Crippen molar-refractivity contribution in [1.29, 1.82) is 0 Å². The summed E-state index contributed by atoms with van der Waals surface area (Å²) in [6.45, 7) is 6.98. The second kappa shape index (κ2) is 6.56. The lowest BCUT2D eigenvalue weighted by Crippen LogP contribution is -2.36. The van der Waals surface area contributed by atoms with Gasteiger partial charge in [-0.2, -0.15) is 0 Å². The van der Waals surface area contributed by atoms with Crippen molar-refractivity contribution in [2.24, 2.45) is 0 Å². The average molecular weight is 703 g/mol. The van der Waals surface area contributed by atoms with E-state index in [1.165, 1.54) is 13.1 Å². The number of quaternary nitrogens is 3. The van der Waals surface area contributed by atoms with Crippen LogP contribution < -0.4 is 0 Å². The molecule has 15 aromatic carbocycles. The number of benzene rings is 9. The van der Waals surface area contributed by atoms with E-state index in [-0.39, 0.29) is 0 Å². The van der Waals surface area contributed by atoms with Gasteiger partial charge in [-0.1, -0.05) is 24.3 Å². The Kier molecular flexibility index (Phi) is 3.09. The van der Waals surface area contributed by atoms with Crippen molar-refractivity contribution in [1.82, 2.24) is 0 Å². The molecule has 4 aliphatic rings. The summed E-state index contributed by atoms with van der Waals surface area (Å²) in [4.78, 5) is 0. The summed E-state index contributed by atoms with van der Waals surface area (Å²) in [5.74, 6) is 1.12. The smallest absolute Gasteiger partial charge is 0.105 e. The number of fused-ring (bicyclic) bond motifs is 14. The molecular formula is C52H36N3+3. The van der Waals surface area contributed by atoms with E-state index in [4.69, 9.17) is 0 Å². The zero-order valence-corrected chi connectivity index (χ0v) is 32.0. The first-order chi connectivity index (χ1) is 26.5. The van der Waals surface area contributed by atoms with Crippen molar-refractivity contribution in [3.63, 3.8) is 0 Å². The minimum Gasteiger partial charge on any atom is -0.327 e. The van der Waals surface area contributed by atoms with Crippen molar-refractivity contribution in [3.8, 4) is 0 Å². The lowest BCUT2D eigenvalue weighted by molar-refractivity contribution is -0.909. The average Bonchev–Trinajstić information content (AvgIpc) is 3.98. The fourth-order valence-corrected chi connectivity index (χ4v) is 17.0. The summed E-state index contributed by atoms with van der Waals surface area (Å²) in [7, 11) is 15.0. The van der Waals surface area contributed by atoms with Gasteiger partial charge in [-0.3, -0.25) is 0 Å². The summed E-state index contributed by atoms with van der Waals surface area (Å²) >= 11 is 0. The first-order valence-electron chi connectivity index (χ1n) is 21.0. The zero-order valence-electron chi connectivity index (χ0n) is 32.0. The maximum absolute atomic E-state index is 2.65. The Bertz CT molecular complexity index is 4310. The number of hydrogen-bond acceptors (Lipinski definition) is 0. The van der Waals surface area contributed by atoms with Crippen molar-refractivity contribution in [3.05, 3.63) is 57.6 Å². The van der Waals surface area contributed by atoms with E-state index in [9.17, 15) is 0 Å². The van der Waals surface area contributed by atoms with Crippen LogP contribution in [-0.2, 0) is 26.2 Å². The molecule has 3 aliphatic heterocycles. The number of hydrogen-bond donors (Lipinski definition) is 0. The van der Waals surface area contributed by atoms with Gasteiger partial charge in [0.15, 0.2) is 0 Å². The topological polar surface area (TPSA) is 0 Å². The maximum atomic E-state index is 2.65. The summed E-state index contributed by atoms with van der Waals surface area (Å²) in [5.41, 5.74) is 10.2. The Morgan fingerprint density at radius 2 is 0.582 bits per heavy atom. The Labute approximate surface area is 314 Å². The van der Waals surface area contributed by atoms with Crippen molar-refractivity contribution in [2.75, 3.05) is 55.4 Å². The van der Waals surface area contributed by atoms with Crippen LogP contribution in [0, 0.1) is 0 Å². The van der Waals surface area contributed by atoms with Crippen LogP contribution in [0.2, 0.25) is 0 Å². The highest BCUT2D eigenvalue weighted by Crippen LogP contribution is 2.71. The van der Waals surface area contributed by atoms with E-state index in [1.54, 1.807) is 184 Å². The van der Waals surface area contributed by atoms with E-state index < -0.39 is 0 Å². The third-order valence-corrected chi connectivity index (χ3v) is 18.0. The highest BCUT2D eigenvalue weighted by molar-refractivity contribution is 6.69. The largest absolute Gasteiger partial charge is 0.327 e. The summed E-state index contributed by atoms with van der Waals surface area (Å²) in [5, 5.41) is 45.8. The minimum atomic E-state index is 0.557. The second-order valence-electron chi connectivity index (χ2n) is 22.1. The minimum absolute atomic E-state index is 0.557. The monoisotopic (exact) mass is 702 g/mol. The van der Waals surface area contributed by atoms with Crippen LogP contribution in [0.1, 0.15) is 45.2 Å². The maximum Gasteiger partial charge on any atom is 0.105 e. The molecule has 2 unspecified atom stereocenters. The van der Waals surface area contributed by atoms with Crippen LogP contribution in [0.4, 0.5) is 0 Å². The van der Waals surface area contributed by atoms with Crippen LogP contribution >= 0.6 is 0 Å². The Morgan fingerprint density at radius 1 is 0.291 bits per heavy atom. The van der Waals surface area contributed by atoms with Gasteiger partial charge in [0.25, 0.3) is 0 Å². The van der Waals surface area contributed by atoms with Crippen LogP contribution in [0.3, 0.4) is 0 Å². The highest BCUT2D eigenvalue weighted by Gasteiger charge is 2.52. The molecule has 0 radical (unpaired) electrons. The van der Waals surface area contributed by atoms with Crippen LogP contribution in [-0.4, -0.2) is 68.8 Å². The third kappa shape index (κ3) is 2.02. The molecule has 3 heteroatoms. The molecule has 256 valence electrons. The van der Waals surface area contributed by atoms with Gasteiger partial charge in [-0.25, -0.2) is 0 Å². The summed E-state index contributed by atoms with van der Waals surface area (Å²) < 4.78 is 3.20. The fourth-order valence-electron chi connectivity index (χ4n) is 17.0. The van der Waals surface area contributed by atoms with Crippen molar-refractivity contribution in [2.45, 2.75) is 38.0 Å². The molecule has 0 saturated carbocycles. The molecule has 0 aromatic heterocycles. The molecule has 3 nitrogen and oxygen atoms in total. The molecular weight excluding hydrogens is 667 g/mol. The predicted molar refractivity (Wildman–Crippen MR) is 232 cm³/mol. The van der Waals surface area contributed by atoms with E-state index in [2.05, 4.69) is 66.6 Å². The molecule has 1 aliphatic carbocycles. The molecule has 0 N–H and O–H groups in total. The SMILES string of the molecule is C[N+]1(C)Cc2c(c3c4ccc5c6c7c(c8c9ccc%10c%11c%12c%13c(c2c2c3c3c4c5c4c6c8c5c9c%10c%12c6c(c%132)c3c4c56)C2C[N+](C)(C)CC%112)C[N+](C)(C)C7)C1. The number of nitrogens with zero attached hydrogens (tertiary/aromatic N) is 3. The quantitative estimate of drug-likeness (QED) is 0.109. The van der Waals surface area contributed by atoms with E-state index in [0.717, 1.165) is 39.6 Å². The molecule has 0 amide bonds. The Balaban J connectivity index is 1.29. The first kappa shape index (κ1) is 25.9. The zero-order chi connectivity index (χ0) is 35.4. The van der Waals surface area contributed by atoms with Crippen molar-refractivity contribution >= 4 is 151 Å². The molecule has 1 saturated heterocycles. The van der Waals surface area contributed by atoms with E-state index in [0.29, 0.717) is 11.8 Å². The molecule has 0 spiro atoms. The number of likely N-dealkylation sites (N-methyl/N-ethyl adjacent to an activating group) is 1. The van der Waals surface area contributed by atoms with Gasteiger partial charge in [0, 0.05) is 50.2 Å². The molecule has 55 heavy (non-hydrogen) atoms. The van der Waals surface area contributed by atoms with Crippen molar-refractivity contribution < 1.29 is 13.4 Å². The Hall–Kier alpha value is -5.06. The van der Waals surface area contributed by atoms with Gasteiger partial charge < -0.3 is 13.4 Å². The number of rotatable bonds is 0. The van der Waals surface area contributed by atoms with E-state index >= 15 is 0 Å². The summed E-state index contributed by atoms with van der Waals surface area (Å²) in [6, 6.07) is 10.5. The van der Waals surface area contributed by atoms with Gasteiger partial charge in [0.1, 0.15) is 26.2 Å². The van der Waals surface area contributed by atoms with Gasteiger partial charge in [0.05, 0.1) is 55.4 Å². The van der Waals surface area contributed by atoms with Crippen LogP contribution in [0.25, 0.3) is 151 Å². The van der Waals surface area contributed by atoms with Gasteiger partial charge >= 0.3 is 0 Å². The van der Waals surface area contributed by atoms with Crippen LogP contribution in [0.15, 0.2) is 24.3 Å². The predicted octanol–water partition coefficient (Wildman–Crippen LogP) is 11.5. The normalized spacial score (nSPS) is 23.8. The second-order valence-corrected chi connectivity index (χ2v) is 22.1. The Morgan fingerprint density at radius 3 is 1.05 bits per heavy atom. The fraction of sp³-hybridized carbons (Fsp3) is 0.269. The summed E-state index contributed by atoms with van der Waals surface area (Å²) in [6.07, 6.45) is 0. The lowest BCUT2D eigenvalue weighted by Gasteiger charge is -2.24. The van der Waals surface area contributed by atoms with Gasteiger partial charge in [-0.05, 0) is 146 Å². The highest BCUT2D eigenvalue weighted by atomic mass is 15.3. The number of likely N-dealkylation sites (tertiary alicyclic amines) is 1. The molecule has 3 heterocycles.